The molecule has 3 aromatic rings. The molecule has 180 valence electrons. The number of rotatable bonds is 5. The molecule has 1 aromatic heterocycles. The Morgan fingerprint density at radius 1 is 1.15 bits per heavy atom. The fourth-order valence-corrected chi connectivity index (χ4v) is 6.93. The molecule has 2 heterocycles. The number of benzene rings is 2. The summed E-state index contributed by atoms with van der Waals surface area (Å²) >= 11 is 7.13. The Morgan fingerprint density at radius 2 is 1.85 bits per heavy atom. The third-order valence-corrected chi connectivity index (χ3v) is 9.42. The van der Waals surface area contributed by atoms with E-state index in [1.807, 2.05) is 0 Å². The van der Waals surface area contributed by atoms with Crippen LogP contribution >= 0.6 is 22.9 Å². The number of sulfone groups is 1. The van der Waals surface area contributed by atoms with Crippen LogP contribution in [0.25, 0.3) is 10.2 Å². The van der Waals surface area contributed by atoms with Crippen molar-refractivity contribution in [1.29, 1.82) is 0 Å². The van der Waals surface area contributed by atoms with Crippen LogP contribution in [-0.4, -0.2) is 54.6 Å². The third kappa shape index (κ3) is 5.25. The monoisotopic (exact) mass is 520 g/mol. The van der Waals surface area contributed by atoms with Gasteiger partial charge in [0.25, 0.3) is 5.91 Å². The highest BCUT2D eigenvalue weighted by Gasteiger charge is 2.32. The average Bonchev–Trinajstić information content (AvgIpc) is 3.20. The van der Waals surface area contributed by atoms with Crippen LogP contribution in [0.4, 0.5) is 9.93 Å². The van der Waals surface area contributed by atoms with Gasteiger partial charge in [0.2, 0.25) is 0 Å². The van der Waals surface area contributed by atoms with Gasteiger partial charge in [-0.25, -0.2) is 18.2 Å². The molecule has 3 amide bonds. The summed E-state index contributed by atoms with van der Waals surface area (Å²) in [7, 11) is -3.47. The molecule has 0 spiro atoms. The summed E-state index contributed by atoms with van der Waals surface area (Å²) < 4.78 is 27.1. The van der Waals surface area contributed by atoms with Gasteiger partial charge in [-0.15, -0.1) is 0 Å². The molecule has 0 aliphatic carbocycles. The van der Waals surface area contributed by atoms with Crippen LogP contribution in [0.1, 0.15) is 37.0 Å². The Bertz CT molecular complexity index is 1330. The van der Waals surface area contributed by atoms with Crippen LogP contribution in [0.15, 0.2) is 47.4 Å². The fourth-order valence-electron chi connectivity index (χ4n) is 3.97. The Labute approximate surface area is 207 Å². The minimum atomic E-state index is -3.47. The van der Waals surface area contributed by atoms with Gasteiger partial charge >= 0.3 is 6.03 Å². The lowest BCUT2D eigenvalue weighted by Gasteiger charge is -2.34. The summed E-state index contributed by atoms with van der Waals surface area (Å²) in [6, 6.07) is 10.9. The molecule has 2 N–H and O–H groups in total. The van der Waals surface area contributed by atoms with E-state index < -0.39 is 27.0 Å². The number of carbonyl (C=O) groups is 2. The number of hydrogen-bond donors (Lipinski definition) is 2. The van der Waals surface area contributed by atoms with Gasteiger partial charge in [-0.05, 0) is 70.1 Å². The van der Waals surface area contributed by atoms with Gasteiger partial charge in [0, 0.05) is 6.04 Å². The molecule has 8 nitrogen and oxygen atoms in total. The molecule has 1 saturated heterocycles. The van der Waals surface area contributed by atoms with E-state index in [0.717, 1.165) is 24.4 Å². The van der Waals surface area contributed by atoms with Crippen molar-refractivity contribution in [2.75, 3.05) is 18.4 Å². The van der Waals surface area contributed by atoms with Crippen molar-refractivity contribution in [2.24, 2.45) is 0 Å². The number of imide groups is 1. The summed E-state index contributed by atoms with van der Waals surface area (Å²) in [5.74, 6) is -0.638. The molecule has 0 unspecified atom stereocenters. The Balaban J connectivity index is 1.45. The minimum Gasteiger partial charge on any atom is -0.301 e. The number of carbonyl (C=O) groups excluding carboxylic acids is 2. The minimum absolute atomic E-state index is 0.178. The van der Waals surface area contributed by atoms with Crippen molar-refractivity contribution in [1.82, 2.24) is 15.2 Å². The lowest BCUT2D eigenvalue weighted by atomic mass is 10.1. The van der Waals surface area contributed by atoms with Crippen molar-refractivity contribution in [3.63, 3.8) is 0 Å². The molecular formula is C23H25ClN4O4S2. The van der Waals surface area contributed by atoms with E-state index in [9.17, 15) is 18.0 Å². The largest absolute Gasteiger partial charge is 0.327 e. The molecular weight excluding hydrogens is 496 g/mol. The van der Waals surface area contributed by atoms with Gasteiger partial charge in [0.15, 0.2) is 15.0 Å². The van der Waals surface area contributed by atoms with Gasteiger partial charge < -0.3 is 4.90 Å². The lowest BCUT2D eigenvalue weighted by molar-refractivity contribution is 0.0967. The highest BCUT2D eigenvalue weighted by atomic mass is 35.5. The molecule has 0 saturated carbocycles. The zero-order valence-electron chi connectivity index (χ0n) is 18.7. The Kier molecular flexibility index (Phi) is 7.22. The predicted molar refractivity (Wildman–Crippen MR) is 134 cm³/mol. The number of likely N-dealkylation sites (tertiary alicyclic amines) is 1. The number of amides is 3. The first-order valence-corrected chi connectivity index (χ1v) is 13.6. The second-order valence-corrected chi connectivity index (χ2v) is 12.1. The Morgan fingerprint density at radius 3 is 2.53 bits per heavy atom. The maximum absolute atomic E-state index is 13.2. The van der Waals surface area contributed by atoms with E-state index in [1.165, 1.54) is 6.07 Å². The summed E-state index contributed by atoms with van der Waals surface area (Å²) in [5.41, 5.74) is 0.740. The summed E-state index contributed by atoms with van der Waals surface area (Å²) in [4.78, 5) is 31.4. The van der Waals surface area contributed by atoms with Crippen molar-refractivity contribution >= 4 is 60.1 Å². The first-order chi connectivity index (χ1) is 16.1. The zero-order valence-corrected chi connectivity index (χ0v) is 21.1. The van der Waals surface area contributed by atoms with E-state index in [4.69, 9.17) is 11.6 Å². The van der Waals surface area contributed by atoms with Crippen LogP contribution in [0.5, 0.6) is 0 Å². The summed E-state index contributed by atoms with van der Waals surface area (Å²) in [6.07, 6.45) is 1.21. The van der Waals surface area contributed by atoms with E-state index in [-0.39, 0.29) is 20.6 Å². The molecule has 2 aromatic carbocycles. The second kappa shape index (κ2) is 9.99. The van der Waals surface area contributed by atoms with E-state index in [1.54, 1.807) is 36.4 Å². The number of piperidine rings is 1. The molecule has 1 aliphatic heterocycles. The lowest BCUT2D eigenvalue weighted by Crippen LogP contribution is -2.42. The molecule has 4 rings (SSSR count). The van der Waals surface area contributed by atoms with Gasteiger partial charge in [0.1, 0.15) is 0 Å². The Hall–Kier alpha value is -2.53. The van der Waals surface area contributed by atoms with E-state index >= 15 is 0 Å². The molecule has 1 aliphatic rings. The number of nitrogens with one attached hydrogen (secondary N) is 2. The maximum Gasteiger partial charge on any atom is 0.327 e. The maximum atomic E-state index is 13.2. The quantitative estimate of drug-likeness (QED) is 0.510. The molecule has 34 heavy (non-hydrogen) atoms. The topological polar surface area (TPSA) is 108 Å². The molecule has 1 fully saturated rings. The first-order valence-electron chi connectivity index (χ1n) is 10.9. The smallest absolute Gasteiger partial charge is 0.301 e. The van der Waals surface area contributed by atoms with Crippen LogP contribution in [0.3, 0.4) is 0 Å². The standard InChI is InChI=1S/C23H25ClN4O4S2/c1-14(2)28-11-9-15(10-12-28)34(31,32)16-7-8-19-20(13-16)33-23(25-19)27-22(30)26-21(29)17-5-3-4-6-18(17)24/h3-8,13-15H,9-12H2,1-2H3,(H2,25,26,27,29,30). The SMILES string of the molecule is CC(C)N1CCC(S(=O)(=O)c2ccc3nc(NC(=O)NC(=O)c4ccccc4Cl)sc3c2)CC1. The van der Waals surface area contributed by atoms with E-state index in [0.29, 0.717) is 29.1 Å². The predicted octanol–water partition coefficient (Wildman–Crippen LogP) is 4.56. The van der Waals surface area contributed by atoms with E-state index in [2.05, 4.69) is 34.4 Å². The van der Waals surface area contributed by atoms with Gasteiger partial charge in [-0.3, -0.25) is 15.4 Å². The van der Waals surface area contributed by atoms with Crippen LogP contribution in [0, 0.1) is 0 Å². The van der Waals surface area contributed by atoms with Gasteiger partial charge in [-0.2, -0.15) is 0 Å². The average molecular weight is 521 g/mol. The van der Waals surface area contributed by atoms with Gasteiger partial charge in [0.05, 0.1) is 30.9 Å². The molecule has 0 bridgehead atoms. The number of thiazole rings is 1. The van der Waals surface area contributed by atoms with Crippen LogP contribution in [-0.2, 0) is 9.84 Å². The molecule has 0 radical (unpaired) electrons. The fraction of sp³-hybridized carbons (Fsp3) is 0.348. The normalized spacial score (nSPS) is 15.5. The summed E-state index contributed by atoms with van der Waals surface area (Å²) in [5, 5.41) is 4.81. The van der Waals surface area contributed by atoms with Crippen molar-refractivity contribution in [3.8, 4) is 0 Å². The van der Waals surface area contributed by atoms with Crippen molar-refractivity contribution in [2.45, 2.75) is 42.9 Å². The number of aromatic nitrogens is 1. The number of hydrogen-bond acceptors (Lipinski definition) is 7. The zero-order chi connectivity index (χ0) is 24.5. The van der Waals surface area contributed by atoms with Crippen LogP contribution < -0.4 is 10.6 Å². The molecule has 0 atom stereocenters. The van der Waals surface area contributed by atoms with Crippen LogP contribution in [0.2, 0.25) is 5.02 Å². The molecule has 11 heteroatoms. The number of fused-ring (bicyclic) bond motifs is 1. The first kappa shape index (κ1) is 24.6. The van der Waals surface area contributed by atoms with Crippen molar-refractivity contribution in [3.05, 3.63) is 53.1 Å². The van der Waals surface area contributed by atoms with Gasteiger partial charge in [-0.1, -0.05) is 35.1 Å². The van der Waals surface area contributed by atoms with Crippen molar-refractivity contribution < 1.29 is 18.0 Å². The number of halogens is 1. The third-order valence-electron chi connectivity index (χ3n) is 5.90. The highest BCUT2D eigenvalue weighted by Crippen LogP contribution is 2.31. The second-order valence-electron chi connectivity index (χ2n) is 8.41. The number of nitrogens with zero attached hydrogens (tertiary/aromatic N) is 2. The number of urea groups is 1. The number of anilines is 1. The highest BCUT2D eigenvalue weighted by molar-refractivity contribution is 7.92. The summed E-state index contributed by atoms with van der Waals surface area (Å²) in [6.45, 7) is 5.76.